The summed E-state index contributed by atoms with van der Waals surface area (Å²) in [6, 6.07) is 4.25. The second kappa shape index (κ2) is 7.49. The van der Waals surface area contributed by atoms with Gasteiger partial charge >= 0.3 is 0 Å². The Morgan fingerprint density at radius 3 is 2.79 bits per heavy atom. The van der Waals surface area contributed by atoms with Crippen LogP contribution in [0.5, 0.6) is 0 Å². The van der Waals surface area contributed by atoms with E-state index in [0.29, 0.717) is 0 Å². The molecule has 106 valence electrons. The van der Waals surface area contributed by atoms with E-state index in [1.165, 1.54) is 37.1 Å². The highest BCUT2D eigenvalue weighted by Crippen LogP contribution is 2.25. The Bertz CT molecular complexity index is 370. The quantitative estimate of drug-likeness (QED) is 0.797. The Kier molecular flexibility index (Phi) is 5.64. The van der Waals surface area contributed by atoms with Crippen molar-refractivity contribution in [1.82, 2.24) is 10.3 Å². The molecule has 3 heteroatoms. The molecule has 0 spiro atoms. The van der Waals surface area contributed by atoms with Gasteiger partial charge in [0.05, 0.1) is 0 Å². The molecule has 0 unspecified atom stereocenters. The van der Waals surface area contributed by atoms with E-state index in [1.54, 1.807) is 0 Å². The summed E-state index contributed by atoms with van der Waals surface area (Å²) in [5, 5.41) is 3.48. The van der Waals surface area contributed by atoms with Gasteiger partial charge in [-0.3, -0.25) is 0 Å². The van der Waals surface area contributed by atoms with Crippen molar-refractivity contribution in [3.05, 3.63) is 23.9 Å². The lowest BCUT2D eigenvalue weighted by atomic mass is 9.94. The van der Waals surface area contributed by atoms with E-state index in [4.69, 9.17) is 0 Å². The van der Waals surface area contributed by atoms with Crippen LogP contribution in [0.3, 0.4) is 0 Å². The fourth-order valence-electron chi connectivity index (χ4n) is 2.81. The highest BCUT2D eigenvalue weighted by molar-refractivity contribution is 5.47. The minimum Gasteiger partial charge on any atom is -0.356 e. The minimum absolute atomic E-state index is 0.918. The van der Waals surface area contributed by atoms with Crippen LogP contribution in [0.15, 0.2) is 18.3 Å². The molecule has 1 fully saturated rings. The Balaban J connectivity index is 1.99. The predicted octanol–water partition coefficient (Wildman–Crippen LogP) is 3.21. The van der Waals surface area contributed by atoms with Crippen LogP contribution < -0.4 is 10.2 Å². The highest BCUT2D eigenvalue weighted by Gasteiger charge is 2.20. The Morgan fingerprint density at radius 2 is 2.11 bits per heavy atom. The van der Waals surface area contributed by atoms with Gasteiger partial charge in [-0.05, 0) is 37.8 Å². The second-order valence-electron chi connectivity index (χ2n) is 5.50. The molecule has 0 radical (unpaired) electrons. The van der Waals surface area contributed by atoms with Gasteiger partial charge in [-0.2, -0.15) is 0 Å². The fraction of sp³-hybridized carbons (Fsp3) is 0.688. The summed E-state index contributed by atoms with van der Waals surface area (Å²) >= 11 is 0. The number of aromatic nitrogens is 1. The van der Waals surface area contributed by atoms with Crippen LogP contribution >= 0.6 is 0 Å². The number of nitrogens with one attached hydrogen (secondary N) is 1. The molecule has 2 rings (SSSR count). The van der Waals surface area contributed by atoms with E-state index in [-0.39, 0.29) is 0 Å². The van der Waals surface area contributed by atoms with Gasteiger partial charge in [-0.25, -0.2) is 4.98 Å². The second-order valence-corrected chi connectivity index (χ2v) is 5.50. The van der Waals surface area contributed by atoms with Crippen molar-refractivity contribution in [2.45, 2.75) is 46.1 Å². The maximum Gasteiger partial charge on any atom is 0.133 e. The number of hydrogen-bond donors (Lipinski definition) is 1. The zero-order chi connectivity index (χ0) is 13.5. The average Bonchev–Trinajstić information content (AvgIpc) is 2.48. The molecule has 1 aliphatic rings. The summed E-state index contributed by atoms with van der Waals surface area (Å²) in [6.07, 6.45) is 7.05. The van der Waals surface area contributed by atoms with Crippen LogP contribution in [0, 0.1) is 5.92 Å². The smallest absolute Gasteiger partial charge is 0.133 e. The standard InChI is InChI=1S/C16H27N3/c1-3-9-17-13-15-6-5-10-18-16(15)19-11-7-14(4-2)8-12-19/h5-6,10,14,17H,3-4,7-9,11-13H2,1-2H3. The van der Waals surface area contributed by atoms with Crippen molar-refractivity contribution in [2.75, 3.05) is 24.5 Å². The summed E-state index contributed by atoms with van der Waals surface area (Å²) in [7, 11) is 0. The molecular formula is C16H27N3. The maximum atomic E-state index is 4.62. The van der Waals surface area contributed by atoms with E-state index in [2.05, 4.69) is 35.1 Å². The van der Waals surface area contributed by atoms with Crippen molar-refractivity contribution in [2.24, 2.45) is 5.92 Å². The zero-order valence-corrected chi connectivity index (χ0v) is 12.4. The largest absolute Gasteiger partial charge is 0.356 e. The molecule has 0 bridgehead atoms. The molecule has 0 amide bonds. The van der Waals surface area contributed by atoms with Gasteiger partial charge in [-0.15, -0.1) is 0 Å². The van der Waals surface area contributed by atoms with Gasteiger partial charge in [0, 0.05) is 31.4 Å². The number of piperidine rings is 1. The first-order valence-electron chi connectivity index (χ1n) is 7.74. The lowest BCUT2D eigenvalue weighted by molar-refractivity contribution is 0.393. The first kappa shape index (κ1) is 14.3. The normalized spacial score (nSPS) is 16.8. The van der Waals surface area contributed by atoms with Gasteiger partial charge in [0.15, 0.2) is 0 Å². The van der Waals surface area contributed by atoms with E-state index in [9.17, 15) is 0 Å². The molecule has 1 aromatic heterocycles. The van der Waals surface area contributed by atoms with E-state index < -0.39 is 0 Å². The molecule has 19 heavy (non-hydrogen) atoms. The maximum absolute atomic E-state index is 4.62. The van der Waals surface area contributed by atoms with Crippen molar-refractivity contribution < 1.29 is 0 Å². The molecule has 0 atom stereocenters. The molecule has 1 aliphatic heterocycles. The van der Waals surface area contributed by atoms with Gasteiger partial charge < -0.3 is 10.2 Å². The number of nitrogens with zero attached hydrogens (tertiary/aromatic N) is 2. The Morgan fingerprint density at radius 1 is 1.32 bits per heavy atom. The third-order valence-corrected chi connectivity index (χ3v) is 4.10. The first-order valence-corrected chi connectivity index (χ1v) is 7.74. The minimum atomic E-state index is 0.918. The summed E-state index contributed by atoms with van der Waals surface area (Å²) in [5.74, 6) is 2.11. The van der Waals surface area contributed by atoms with Crippen LogP contribution in [0.1, 0.15) is 45.1 Å². The van der Waals surface area contributed by atoms with E-state index >= 15 is 0 Å². The molecule has 1 aromatic rings. The molecule has 0 aliphatic carbocycles. The topological polar surface area (TPSA) is 28.2 Å². The van der Waals surface area contributed by atoms with Crippen LogP contribution in [0.2, 0.25) is 0 Å². The summed E-state index contributed by atoms with van der Waals surface area (Å²) < 4.78 is 0. The Hall–Kier alpha value is -1.09. The summed E-state index contributed by atoms with van der Waals surface area (Å²) in [6.45, 7) is 8.84. The summed E-state index contributed by atoms with van der Waals surface area (Å²) in [4.78, 5) is 7.09. The Labute approximate surface area is 117 Å². The fourth-order valence-corrected chi connectivity index (χ4v) is 2.81. The predicted molar refractivity (Wildman–Crippen MR) is 81.5 cm³/mol. The van der Waals surface area contributed by atoms with Crippen molar-refractivity contribution in [1.29, 1.82) is 0 Å². The van der Waals surface area contributed by atoms with E-state index in [1.807, 2.05) is 12.3 Å². The first-order chi connectivity index (χ1) is 9.35. The number of rotatable bonds is 6. The molecule has 1 saturated heterocycles. The molecule has 0 saturated carbocycles. The van der Waals surface area contributed by atoms with Crippen LogP contribution in [0.25, 0.3) is 0 Å². The number of pyridine rings is 1. The third-order valence-electron chi connectivity index (χ3n) is 4.10. The lowest BCUT2D eigenvalue weighted by Crippen LogP contribution is -2.35. The highest BCUT2D eigenvalue weighted by atomic mass is 15.2. The van der Waals surface area contributed by atoms with Crippen molar-refractivity contribution in [3.63, 3.8) is 0 Å². The third kappa shape index (κ3) is 3.93. The van der Waals surface area contributed by atoms with Crippen LogP contribution in [0.4, 0.5) is 5.82 Å². The summed E-state index contributed by atoms with van der Waals surface area (Å²) in [5.41, 5.74) is 1.34. The molecular weight excluding hydrogens is 234 g/mol. The molecule has 3 nitrogen and oxygen atoms in total. The van der Waals surface area contributed by atoms with E-state index in [0.717, 1.165) is 32.1 Å². The zero-order valence-electron chi connectivity index (χ0n) is 12.4. The molecule has 0 aromatic carbocycles. The van der Waals surface area contributed by atoms with Gasteiger partial charge in [0.2, 0.25) is 0 Å². The SMILES string of the molecule is CCCNCc1cccnc1N1CCC(CC)CC1. The van der Waals surface area contributed by atoms with Crippen molar-refractivity contribution in [3.8, 4) is 0 Å². The number of hydrogen-bond acceptors (Lipinski definition) is 3. The lowest BCUT2D eigenvalue weighted by Gasteiger charge is -2.33. The molecule has 2 heterocycles. The van der Waals surface area contributed by atoms with Gasteiger partial charge in [-0.1, -0.05) is 26.3 Å². The van der Waals surface area contributed by atoms with Gasteiger partial charge in [0.25, 0.3) is 0 Å². The monoisotopic (exact) mass is 261 g/mol. The van der Waals surface area contributed by atoms with Crippen LogP contribution in [-0.2, 0) is 6.54 Å². The van der Waals surface area contributed by atoms with Gasteiger partial charge in [0.1, 0.15) is 5.82 Å². The number of anilines is 1. The van der Waals surface area contributed by atoms with Crippen LogP contribution in [-0.4, -0.2) is 24.6 Å². The molecule has 1 N–H and O–H groups in total. The van der Waals surface area contributed by atoms with Crippen molar-refractivity contribution >= 4 is 5.82 Å². The average molecular weight is 261 g/mol.